The maximum Gasteiger partial charge on any atom is 0.166 e. The van der Waals surface area contributed by atoms with E-state index in [9.17, 15) is 4.79 Å². The van der Waals surface area contributed by atoms with Gasteiger partial charge in [0.25, 0.3) is 0 Å². The number of carbonyl (C=O) groups is 1. The smallest absolute Gasteiger partial charge is 0.166 e. The first kappa shape index (κ1) is 13.8. The highest BCUT2D eigenvalue weighted by Gasteiger charge is 2.16. The molecule has 0 saturated carbocycles. The molecule has 0 aliphatic heterocycles. The Morgan fingerprint density at radius 1 is 1.24 bits per heavy atom. The average Bonchev–Trinajstić information content (AvgIpc) is 2.30. The summed E-state index contributed by atoms with van der Waals surface area (Å²) >= 11 is 0. The number of carbonyl (C=O) groups excluding carboxylic acids is 1. The van der Waals surface area contributed by atoms with Crippen molar-refractivity contribution in [3.8, 4) is 5.75 Å². The van der Waals surface area contributed by atoms with Crippen molar-refractivity contribution in [2.75, 3.05) is 0 Å². The molecule has 1 aromatic carbocycles. The molecule has 0 atom stereocenters. The second-order valence-electron chi connectivity index (χ2n) is 4.57. The van der Waals surface area contributed by atoms with Gasteiger partial charge in [-0.2, -0.15) is 0 Å². The van der Waals surface area contributed by atoms with Crippen LogP contribution >= 0.6 is 0 Å². The van der Waals surface area contributed by atoms with Crippen molar-refractivity contribution in [1.82, 2.24) is 0 Å². The fourth-order valence-electron chi connectivity index (χ4n) is 1.89. The molecule has 0 aliphatic carbocycles. The van der Waals surface area contributed by atoms with E-state index in [1.807, 2.05) is 38.1 Å². The van der Waals surface area contributed by atoms with E-state index >= 15 is 0 Å². The molecule has 17 heavy (non-hydrogen) atoms. The highest BCUT2D eigenvalue weighted by Crippen LogP contribution is 2.20. The Balaban J connectivity index is 2.87. The first-order valence-electron chi connectivity index (χ1n) is 6.39. The number of hydrogen-bond donors (Lipinski definition) is 0. The Labute approximate surface area is 104 Å². The molecule has 1 aromatic rings. The average molecular weight is 234 g/mol. The van der Waals surface area contributed by atoms with Gasteiger partial charge in [0.1, 0.15) is 5.75 Å². The van der Waals surface area contributed by atoms with Gasteiger partial charge >= 0.3 is 0 Å². The van der Waals surface area contributed by atoms with Crippen LogP contribution in [0.4, 0.5) is 0 Å². The standard InChI is InChI=1S/C15H22O2/c1-5-12(6-2)15(16)13-8-7-9-14(10-13)17-11(3)4/h7-12H,5-6H2,1-4H3. The summed E-state index contributed by atoms with van der Waals surface area (Å²) in [5.74, 6) is 1.13. The van der Waals surface area contributed by atoms with Gasteiger partial charge in [-0.15, -0.1) is 0 Å². The molecule has 0 spiro atoms. The SMILES string of the molecule is CCC(CC)C(=O)c1cccc(OC(C)C)c1. The van der Waals surface area contributed by atoms with E-state index in [0.717, 1.165) is 24.2 Å². The minimum atomic E-state index is 0.129. The second-order valence-corrected chi connectivity index (χ2v) is 4.57. The fourth-order valence-corrected chi connectivity index (χ4v) is 1.89. The molecule has 0 aliphatic rings. The van der Waals surface area contributed by atoms with Crippen LogP contribution in [0.1, 0.15) is 50.9 Å². The van der Waals surface area contributed by atoms with Crippen molar-refractivity contribution in [3.05, 3.63) is 29.8 Å². The first-order chi connectivity index (χ1) is 8.08. The van der Waals surface area contributed by atoms with Crippen LogP contribution < -0.4 is 4.74 Å². The van der Waals surface area contributed by atoms with Crippen molar-refractivity contribution in [1.29, 1.82) is 0 Å². The summed E-state index contributed by atoms with van der Waals surface area (Å²) in [6, 6.07) is 7.49. The third-order valence-corrected chi connectivity index (χ3v) is 2.85. The minimum Gasteiger partial charge on any atom is -0.491 e. The van der Waals surface area contributed by atoms with Crippen LogP contribution in [-0.4, -0.2) is 11.9 Å². The number of ether oxygens (including phenoxy) is 1. The van der Waals surface area contributed by atoms with Gasteiger partial charge in [0.2, 0.25) is 0 Å². The summed E-state index contributed by atoms with van der Waals surface area (Å²) in [5, 5.41) is 0. The monoisotopic (exact) mass is 234 g/mol. The Hall–Kier alpha value is -1.31. The normalized spacial score (nSPS) is 10.9. The molecule has 0 N–H and O–H groups in total. The van der Waals surface area contributed by atoms with Crippen LogP contribution in [-0.2, 0) is 0 Å². The molecular formula is C15H22O2. The molecule has 2 nitrogen and oxygen atoms in total. The Morgan fingerprint density at radius 3 is 2.41 bits per heavy atom. The number of benzene rings is 1. The van der Waals surface area contributed by atoms with Crippen LogP contribution in [0, 0.1) is 5.92 Å². The van der Waals surface area contributed by atoms with Gasteiger partial charge in [-0.25, -0.2) is 0 Å². The summed E-state index contributed by atoms with van der Waals surface area (Å²) in [7, 11) is 0. The van der Waals surface area contributed by atoms with Crippen LogP contribution in [0.3, 0.4) is 0 Å². The summed E-state index contributed by atoms with van der Waals surface area (Å²) in [6.45, 7) is 8.08. The number of ketones is 1. The quantitative estimate of drug-likeness (QED) is 0.693. The van der Waals surface area contributed by atoms with Crippen molar-refractivity contribution < 1.29 is 9.53 Å². The van der Waals surface area contributed by atoms with Gasteiger partial charge in [0, 0.05) is 11.5 Å². The maximum atomic E-state index is 12.2. The molecule has 0 radical (unpaired) electrons. The number of Topliss-reactive ketones (excluding diaryl/α,β-unsaturated/α-hetero) is 1. The highest BCUT2D eigenvalue weighted by atomic mass is 16.5. The van der Waals surface area contributed by atoms with Gasteiger partial charge in [0.05, 0.1) is 6.10 Å². The molecule has 1 rings (SSSR count). The van der Waals surface area contributed by atoms with E-state index in [4.69, 9.17) is 4.74 Å². The lowest BCUT2D eigenvalue weighted by Gasteiger charge is -2.13. The van der Waals surface area contributed by atoms with Crippen LogP contribution in [0.2, 0.25) is 0 Å². The largest absolute Gasteiger partial charge is 0.491 e. The van der Waals surface area contributed by atoms with Gasteiger partial charge in [-0.05, 0) is 38.8 Å². The van der Waals surface area contributed by atoms with Gasteiger partial charge in [-0.1, -0.05) is 26.0 Å². The van der Waals surface area contributed by atoms with E-state index < -0.39 is 0 Å². The van der Waals surface area contributed by atoms with E-state index in [1.165, 1.54) is 0 Å². The van der Waals surface area contributed by atoms with E-state index in [0.29, 0.717) is 0 Å². The molecular weight excluding hydrogens is 212 g/mol. The van der Waals surface area contributed by atoms with Crippen molar-refractivity contribution in [2.45, 2.75) is 46.6 Å². The third-order valence-electron chi connectivity index (χ3n) is 2.85. The highest BCUT2D eigenvalue weighted by molar-refractivity contribution is 5.98. The molecule has 0 unspecified atom stereocenters. The van der Waals surface area contributed by atoms with E-state index in [2.05, 4.69) is 13.8 Å². The minimum absolute atomic E-state index is 0.129. The number of hydrogen-bond acceptors (Lipinski definition) is 2. The summed E-state index contributed by atoms with van der Waals surface area (Å²) in [6.07, 6.45) is 1.92. The zero-order chi connectivity index (χ0) is 12.8. The molecule has 0 fully saturated rings. The van der Waals surface area contributed by atoms with Crippen LogP contribution in [0.25, 0.3) is 0 Å². The van der Waals surface area contributed by atoms with E-state index in [1.54, 1.807) is 0 Å². The zero-order valence-corrected chi connectivity index (χ0v) is 11.2. The van der Waals surface area contributed by atoms with Gasteiger partial charge < -0.3 is 4.74 Å². The van der Waals surface area contributed by atoms with Crippen LogP contribution in [0.5, 0.6) is 5.75 Å². The lowest BCUT2D eigenvalue weighted by molar-refractivity contribution is 0.0912. The third kappa shape index (κ3) is 3.88. The fraction of sp³-hybridized carbons (Fsp3) is 0.533. The Morgan fingerprint density at radius 2 is 1.88 bits per heavy atom. The summed E-state index contributed by atoms with van der Waals surface area (Å²) < 4.78 is 5.60. The molecule has 0 saturated heterocycles. The topological polar surface area (TPSA) is 26.3 Å². The van der Waals surface area contributed by atoms with Crippen molar-refractivity contribution in [2.24, 2.45) is 5.92 Å². The number of rotatable bonds is 6. The maximum absolute atomic E-state index is 12.2. The predicted molar refractivity (Wildman–Crippen MR) is 70.6 cm³/mol. The van der Waals surface area contributed by atoms with Crippen molar-refractivity contribution >= 4 is 5.78 Å². The Kier molecular flexibility index (Phi) is 5.20. The molecule has 94 valence electrons. The molecule has 0 heterocycles. The first-order valence-corrected chi connectivity index (χ1v) is 6.39. The second kappa shape index (κ2) is 6.43. The Bertz CT molecular complexity index is 365. The molecule has 0 bridgehead atoms. The molecule has 2 heteroatoms. The predicted octanol–water partition coefficient (Wildman–Crippen LogP) is 4.09. The van der Waals surface area contributed by atoms with Crippen LogP contribution in [0.15, 0.2) is 24.3 Å². The van der Waals surface area contributed by atoms with E-state index in [-0.39, 0.29) is 17.8 Å². The molecule has 0 aromatic heterocycles. The summed E-state index contributed by atoms with van der Waals surface area (Å²) in [5.41, 5.74) is 0.761. The zero-order valence-electron chi connectivity index (χ0n) is 11.2. The summed E-state index contributed by atoms with van der Waals surface area (Å²) in [4.78, 5) is 12.2. The lowest BCUT2D eigenvalue weighted by atomic mass is 9.93. The molecule has 0 amide bonds. The van der Waals surface area contributed by atoms with Gasteiger partial charge in [-0.3, -0.25) is 4.79 Å². The van der Waals surface area contributed by atoms with Crippen molar-refractivity contribution in [3.63, 3.8) is 0 Å². The lowest BCUT2D eigenvalue weighted by Crippen LogP contribution is -2.13. The van der Waals surface area contributed by atoms with Gasteiger partial charge in [0.15, 0.2) is 5.78 Å².